The van der Waals surface area contributed by atoms with Crippen molar-refractivity contribution in [2.75, 3.05) is 0 Å². The van der Waals surface area contributed by atoms with Crippen LogP contribution in [-0.4, -0.2) is 19.4 Å². The molecule has 4 heterocycles. The second kappa shape index (κ2) is 13.1. The Morgan fingerprint density at radius 3 is 2.12 bits per heavy atom. The number of furan rings is 1. The Morgan fingerprint density at radius 1 is 0.508 bits per heavy atom. The fraction of sp³-hybridized carbons (Fsp3) is 0.0185. The number of para-hydroxylation sites is 2. The summed E-state index contributed by atoms with van der Waals surface area (Å²) in [6.07, 6.45) is 6.64. The van der Waals surface area contributed by atoms with Gasteiger partial charge in [0.25, 0.3) is 0 Å². The summed E-state index contributed by atoms with van der Waals surface area (Å²) in [6, 6.07) is 57.6. The molecule has 0 atom stereocenters. The Kier molecular flexibility index (Phi) is 7.38. The minimum Gasteiger partial charge on any atom is -0.455 e. The number of rotatable bonds is 7. The highest BCUT2D eigenvalue weighted by molar-refractivity contribution is 6.33. The molecular weight excluding hydrogens is 721 g/mol. The monoisotopic (exact) mass is 754 g/mol. The molecule has 0 spiro atoms. The maximum Gasteiger partial charge on any atom is 0.163 e. The van der Waals surface area contributed by atoms with E-state index in [9.17, 15) is 0 Å². The normalized spacial score (nSPS) is 12.1. The van der Waals surface area contributed by atoms with E-state index in [4.69, 9.17) is 19.4 Å². The first-order valence-electron chi connectivity index (χ1n) is 19.9. The van der Waals surface area contributed by atoms with Crippen LogP contribution in [0.15, 0.2) is 181 Å². The van der Waals surface area contributed by atoms with Gasteiger partial charge in [-0.2, -0.15) is 0 Å². The second-order valence-corrected chi connectivity index (χ2v) is 15.2. The minimum absolute atomic E-state index is 0.556. The third kappa shape index (κ3) is 5.22. The number of fused-ring (bicyclic) bond motifs is 12. The quantitative estimate of drug-likeness (QED) is 0.163. The van der Waals surface area contributed by atoms with Crippen molar-refractivity contribution in [3.8, 4) is 33.9 Å². The Hall–Kier alpha value is -7.89. The smallest absolute Gasteiger partial charge is 0.163 e. The highest BCUT2D eigenvalue weighted by Crippen LogP contribution is 2.45. The van der Waals surface area contributed by atoms with Gasteiger partial charge in [-0.25, -0.2) is 15.0 Å². The van der Waals surface area contributed by atoms with Gasteiger partial charge in [-0.1, -0.05) is 152 Å². The van der Waals surface area contributed by atoms with Gasteiger partial charge >= 0.3 is 0 Å². The molecule has 0 fully saturated rings. The van der Waals surface area contributed by atoms with Gasteiger partial charge in [-0.3, -0.25) is 0 Å². The van der Waals surface area contributed by atoms with Crippen molar-refractivity contribution in [2.45, 2.75) is 6.42 Å². The number of nitrogens with zero attached hydrogens (tertiary/aromatic N) is 4. The molecular formula is C54H34N4O. The average Bonchev–Trinajstić information content (AvgIpc) is 3.96. The van der Waals surface area contributed by atoms with Crippen LogP contribution < -0.4 is 0 Å². The molecule has 0 aliphatic heterocycles. The zero-order valence-electron chi connectivity index (χ0n) is 31.9. The molecule has 0 aliphatic rings. The predicted octanol–water partition coefficient (Wildman–Crippen LogP) is 14.0. The van der Waals surface area contributed by atoms with Crippen molar-refractivity contribution in [3.05, 3.63) is 193 Å². The predicted molar refractivity (Wildman–Crippen MR) is 245 cm³/mol. The first-order chi connectivity index (χ1) is 29.2. The van der Waals surface area contributed by atoms with E-state index in [0.29, 0.717) is 23.9 Å². The highest BCUT2D eigenvalue weighted by Gasteiger charge is 2.21. The third-order valence-electron chi connectivity index (χ3n) is 11.8. The van der Waals surface area contributed by atoms with Crippen LogP contribution in [0.4, 0.5) is 0 Å². The van der Waals surface area contributed by atoms with Crippen LogP contribution in [0.1, 0.15) is 17.0 Å². The lowest BCUT2D eigenvalue weighted by Crippen LogP contribution is -2.02. The average molecular weight is 755 g/mol. The number of hydrogen-bond acceptors (Lipinski definition) is 4. The zero-order chi connectivity index (χ0) is 39.0. The van der Waals surface area contributed by atoms with Gasteiger partial charge in [0.05, 0.1) is 16.6 Å². The summed E-state index contributed by atoms with van der Waals surface area (Å²) in [5, 5.41) is 9.54. The van der Waals surface area contributed by atoms with Gasteiger partial charge in [0.15, 0.2) is 11.6 Å². The Bertz CT molecular complexity index is 3670. The largest absolute Gasteiger partial charge is 0.455 e. The first kappa shape index (κ1) is 33.3. The van der Waals surface area contributed by atoms with Crippen molar-refractivity contribution >= 4 is 83.0 Å². The van der Waals surface area contributed by atoms with E-state index in [2.05, 4.69) is 144 Å². The standard InChI is InChI=1S/C54H34N4O/c1-2-33-13-6-7-14-34(33)17-11-24-48-55-53(36-15-4-3-5-16-36)57-54(56-48)39-19-10-18-37(31-39)38-27-30-47-44(32-38)42-28-25-35-26-29-46-50(49(35)52(42)59-47)43-22-12-21-41-40-20-8-9-23-45(40)58(46)51(41)43/h2-23,25-32H,1,24H2/b17-11-. The molecule has 4 aromatic heterocycles. The molecule has 0 aliphatic carbocycles. The van der Waals surface area contributed by atoms with Crippen LogP contribution in [0.5, 0.6) is 0 Å². The van der Waals surface area contributed by atoms with Crippen molar-refractivity contribution in [1.29, 1.82) is 0 Å². The van der Waals surface area contributed by atoms with Crippen molar-refractivity contribution < 1.29 is 4.42 Å². The summed E-state index contributed by atoms with van der Waals surface area (Å²) < 4.78 is 9.26. The molecule has 0 bridgehead atoms. The second-order valence-electron chi connectivity index (χ2n) is 15.2. The van der Waals surface area contributed by atoms with Crippen molar-refractivity contribution in [3.63, 3.8) is 0 Å². The molecule has 276 valence electrons. The van der Waals surface area contributed by atoms with Gasteiger partial charge in [0.1, 0.15) is 17.0 Å². The molecule has 0 N–H and O–H groups in total. The Balaban J connectivity index is 0.971. The first-order valence-corrected chi connectivity index (χ1v) is 19.9. The van der Waals surface area contributed by atoms with E-state index in [1.54, 1.807) is 0 Å². The van der Waals surface area contributed by atoms with Crippen LogP contribution in [0.3, 0.4) is 0 Å². The van der Waals surface area contributed by atoms with Crippen LogP contribution in [-0.2, 0) is 6.42 Å². The van der Waals surface area contributed by atoms with E-state index in [0.717, 1.165) is 60.7 Å². The minimum atomic E-state index is 0.556. The lowest BCUT2D eigenvalue weighted by Gasteiger charge is -2.09. The fourth-order valence-electron chi connectivity index (χ4n) is 9.08. The van der Waals surface area contributed by atoms with Gasteiger partial charge in [0, 0.05) is 55.3 Å². The van der Waals surface area contributed by atoms with Gasteiger partial charge in [-0.15, -0.1) is 0 Å². The molecule has 5 nitrogen and oxygen atoms in total. The molecule has 59 heavy (non-hydrogen) atoms. The summed E-state index contributed by atoms with van der Waals surface area (Å²) in [5.74, 6) is 1.99. The van der Waals surface area contributed by atoms with Crippen molar-refractivity contribution in [1.82, 2.24) is 19.4 Å². The molecule has 0 radical (unpaired) electrons. The summed E-state index contributed by atoms with van der Waals surface area (Å²) in [6.45, 7) is 3.97. The van der Waals surface area contributed by atoms with Crippen molar-refractivity contribution in [2.24, 2.45) is 0 Å². The summed E-state index contributed by atoms with van der Waals surface area (Å²) in [7, 11) is 0. The van der Waals surface area contributed by atoms with E-state index in [1.807, 2.05) is 48.5 Å². The Morgan fingerprint density at radius 2 is 1.22 bits per heavy atom. The molecule has 0 saturated heterocycles. The zero-order valence-corrected chi connectivity index (χ0v) is 31.9. The fourth-order valence-corrected chi connectivity index (χ4v) is 9.08. The Labute approximate surface area is 339 Å². The van der Waals surface area contributed by atoms with Crippen LogP contribution in [0, 0.1) is 0 Å². The number of allylic oxidation sites excluding steroid dienone is 1. The number of hydrogen-bond donors (Lipinski definition) is 0. The number of benzene rings is 8. The maximum absolute atomic E-state index is 6.83. The lowest BCUT2D eigenvalue weighted by molar-refractivity contribution is 0.673. The molecule has 5 heteroatoms. The van der Waals surface area contributed by atoms with Gasteiger partial charge < -0.3 is 8.82 Å². The van der Waals surface area contributed by atoms with Gasteiger partial charge in [0.2, 0.25) is 0 Å². The highest BCUT2D eigenvalue weighted by atomic mass is 16.3. The molecule has 0 saturated carbocycles. The van der Waals surface area contributed by atoms with E-state index in [-0.39, 0.29) is 0 Å². The summed E-state index contributed by atoms with van der Waals surface area (Å²) in [4.78, 5) is 14.9. The summed E-state index contributed by atoms with van der Waals surface area (Å²) in [5.41, 5.74) is 11.7. The molecule has 0 unspecified atom stereocenters. The third-order valence-corrected chi connectivity index (χ3v) is 11.8. The van der Waals surface area contributed by atoms with Crippen LogP contribution in [0.2, 0.25) is 0 Å². The van der Waals surface area contributed by atoms with Crippen LogP contribution in [0.25, 0.3) is 117 Å². The maximum atomic E-state index is 6.83. The molecule has 8 aromatic carbocycles. The molecule has 12 rings (SSSR count). The topological polar surface area (TPSA) is 56.2 Å². The van der Waals surface area contributed by atoms with E-state index < -0.39 is 0 Å². The van der Waals surface area contributed by atoms with E-state index in [1.165, 1.54) is 43.5 Å². The van der Waals surface area contributed by atoms with Gasteiger partial charge in [-0.05, 0) is 64.0 Å². The van der Waals surface area contributed by atoms with E-state index >= 15 is 0 Å². The molecule has 12 aromatic rings. The lowest BCUT2D eigenvalue weighted by atomic mass is 9.98. The molecule has 0 amide bonds. The summed E-state index contributed by atoms with van der Waals surface area (Å²) >= 11 is 0. The SMILES string of the molecule is C=Cc1ccccc1/C=C\Cc1nc(-c2ccccc2)nc(-c2cccc(-c3ccc4oc5c(ccc6ccc7c(c8cccc9c%10ccccc%10n7c98)c65)c4c3)c2)n1. The number of aromatic nitrogens is 4. The van der Waals surface area contributed by atoms with Crippen LogP contribution >= 0.6 is 0 Å².